The largest absolute Gasteiger partial charge is 0.421 e. The number of hydrogen-bond donors (Lipinski definition) is 3. The number of aryl methyl sites for hydroxylation is 1. The van der Waals surface area contributed by atoms with E-state index in [9.17, 15) is 4.39 Å². The van der Waals surface area contributed by atoms with Crippen molar-refractivity contribution in [2.75, 3.05) is 12.4 Å². The van der Waals surface area contributed by atoms with E-state index in [-0.39, 0.29) is 29.7 Å². The van der Waals surface area contributed by atoms with Crippen molar-refractivity contribution in [1.82, 2.24) is 24.9 Å². The zero-order valence-electron chi connectivity index (χ0n) is 15.8. The van der Waals surface area contributed by atoms with Gasteiger partial charge in [-0.15, -0.1) is 0 Å². The first-order valence-corrected chi connectivity index (χ1v) is 9.49. The predicted octanol–water partition coefficient (Wildman–Crippen LogP) is 2.78. The van der Waals surface area contributed by atoms with Gasteiger partial charge in [0.15, 0.2) is 5.75 Å². The van der Waals surface area contributed by atoms with Crippen LogP contribution in [-0.2, 0) is 6.42 Å². The molecule has 0 saturated heterocycles. The highest BCUT2D eigenvalue weighted by Crippen LogP contribution is 2.54. The van der Waals surface area contributed by atoms with Crippen molar-refractivity contribution in [1.29, 1.82) is 0 Å². The van der Waals surface area contributed by atoms with Gasteiger partial charge in [-0.05, 0) is 30.9 Å². The van der Waals surface area contributed by atoms with Crippen LogP contribution in [0.3, 0.4) is 0 Å². The highest BCUT2D eigenvalue weighted by atomic mass is 19.1. The molecule has 0 aliphatic heterocycles. The molecule has 1 fully saturated rings. The van der Waals surface area contributed by atoms with Crippen LogP contribution in [0.15, 0.2) is 18.5 Å². The summed E-state index contributed by atoms with van der Waals surface area (Å²) in [6.07, 6.45) is 3.75. The Labute approximate surface area is 164 Å². The minimum Gasteiger partial charge on any atom is -0.421 e. The van der Waals surface area contributed by atoms with Crippen LogP contribution in [0.5, 0.6) is 11.8 Å². The van der Waals surface area contributed by atoms with E-state index in [0.717, 1.165) is 22.0 Å². The smallest absolute Gasteiger partial charge is 0.324 e. The van der Waals surface area contributed by atoms with Crippen LogP contribution >= 0.6 is 0 Å². The Morgan fingerprint density at radius 3 is 2.79 bits per heavy atom. The Bertz CT molecular complexity index is 1300. The fourth-order valence-corrected chi connectivity index (χ4v) is 4.52. The second kappa shape index (κ2) is 5.60. The number of anilines is 1. The average Bonchev–Trinajstić information content (AvgIpc) is 3.22. The van der Waals surface area contributed by atoms with E-state index in [4.69, 9.17) is 15.5 Å². The van der Waals surface area contributed by atoms with E-state index in [2.05, 4.69) is 25.3 Å². The molecule has 8 nitrogen and oxygen atoms in total. The normalized spacial score (nSPS) is 22.0. The van der Waals surface area contributed by atoms with E-state index in [0.29, 0.717) is 34.9 Å². The number of benzene rings is 1. The third-order valence-corrected chi connectivity index (χ3v) is 6.01. The zero-order chi connectivity index (χ0) is 19.9. The van der Waals surface area contributed by atoms with Crippen LogP contribution in [0.2, 0.25) is 0 Å². The lowest BCUT2D eigenvalue weighted by Gasteiger charge is -2.09. The summed E-state index contributed by atoms with van der Waals surface area (Å²) in [5, 5.41) is 4.73. The van der Waals surface area contributed by atoms with Gasteiger partial charge in [-0.25, -0.2) is 14.4 Å². The number of fused-ring (bicyclic) bond motifs is 2. The van der Waals surface area contributed by atoms with Crippen LogP contribution < -0.4 is 15.8 Å². The molecule has 6 rings (SSSR count). The SMILES string of the molecule is CNc1cc(F)c2c3c1[nH]c1nc(Oc4cnc(C)nc4)nc(c13)C1C(C2)[C@@H]1N. The van der Waals surface area contributed by atoms with E-state index in [1.165, 1.54) is 6.07 Å². The van der Waals surface area contributed by atoms with Crippen LogP contribution in [0, 0.1) is 18.7 Å². The molecular weight excluding hydrogens is 373 g/mol. The van der Waals surface area contributed by atoms with E-state index < -0.39 is 0 Å². The molecule has 3 heterocycles. The fraction of sp³-hybridized carbons (Fsp3) is 0.300. The van der Waals surface area contributed by atoms with Crippen LogP contribution in [0.4, 0.5) is 10.1 Å². The monoisotopic (exact) mass is 391 g/mol. The summed E-state index contributed by atoms with van der Waals surface area (Å²) in [6.45, 7) is 1.80. The first-order valence-electron chi connectivity index (χ1n) is 9.49. The molecule has 0 bridgehead atoms. The molecule has 3 aromatic heterocycles. The standard InChI is InChI=1S/C20H18FN7O/c1-7-24-5-8(6-25-7)29-20-27-18-14-10(16(14)22)3-9-11(21)4-12(23-2)17-13(9)15(18)19(26-17)28-20/h4-6,10,14,16,23H,3,22H2,1-2H3,(H,26,27,28)/t10?,14?,16-/m0/s1. The molecule has 29 heavy (non-hydrogen) atoms. The quantitative estimate of drug-likeness (QED) is 0.492. The minimum atomic E-state index is -0.231. The molecule has 0 radical (unpaired) electrons. The highest BCUT2D eigenvalue weighted by molar-refractivity contribution is 6.13. The van der Waals surface area contributed by atoms with Gasteiger partial charge in [0.05, 0.1) is 29.3 Å². The van der Waals surface area contributed by atoms with Crippen molar-refractivity contribution in [3.8, 4) is 11.8 Å². The minimum absolute atomic E-state index is 0.0508. The number of aromatic nitrogens is 5. The predicted molar refractivity (Wildman–Crippen MR) is 106 cm³/mol. The number of aromatic amines is 1. The van der Waals surface area contributed by atoms with Gasteiger partial charge in [-0.1, -0.05) is 0 Å². The van der Waals surface area contributed by atoms with Gasteiger partial charge >= 0.3 is 6.01 Å². The van der Waals surface area contributed by atoms with Crippen LogP contribution in [0.25, 0.3) is 21.9 Å². The van der Waals surface area contributed by atoms with E-state index >= 15 is 0 Å². The molecule has 0 spiro atoms. The summed E-state index contributed by atoms with van der Waals surface area (Å²) in [5.74, 6) is 1.09. The first kappa shape index (κ1) is 16.6. The Kier molecular flexibility index (Phi) is 3.21. The van der Waals surface area contributed by atoms with Gasteiger partial charge in [-0.3, -0.25) is 0 Å². The maximum Gasteiger partial charge on any atom is 0.324 e. The summed E-state index contributed by atoms with van der Waals surface area (Å²) < 4.78 is 20.8. The lowest BCUT2D eigenvalue weighted by atomic mass is 10.0. The number of rotatable bonds is 3. The van der Waals surface area contributed by atoms with E-state index in [1.54, 1.807) is 26.4 Å². The van der Waals surface area contributed by atoms with Gasteiger partial charge in [0, 0.05) is 29.8 Å². The van der Waals surface area contributed by atoms with Crippen molar-refractivity contribution in [2.45, 2.75) is 25.3 Å². The number of halogens is 1. The maximum absolute atomic E-state index is 14.9. The summed E-state index contributed by atoms with van der Waals surface area (Å²) >= 11 is 0. The molecule has 9 heteroatoms. The molecule has 1 saturated carbocycles. The van der Waals surface area contributed by atoms with Crippen molar-refractivity contribution >= 4 is 27.6 Å². The van der Waals surface area contributed by atoms with Crippen LogP contribution in [-0.4, -0.2) is 38.0 Å². The third-order valence-electron chi connectivity index (χ3n) is 6.01. The third kappa shape index (κ3) is 2.27. The van der Waals surface area contributed by atoms with Gasteiger partial charge in [-0.2, -0.15) is 9.97 Å². The molecule has 4 aromatic rings. The molecule has 0 amide bonds. The fourth-order valence-electron chi connectivity index (χ4n) is 4.52. The molecule has 4 N–H and O–H groups in total. The van der Waals surface area contributed by atoms with E-state index in [1.807, 2.05) is 0 Å². The summed E-state index contributed by atoms with van der Waals surface area (Å²) in [6, 6.07) is 1.67. The van der Waals surface area contributed by atoms with Crippen molar-refractivity contribution in [3.05, 3.63) is 41.4 Å². The molecule has 146 valence electrons. The first-order chi connectivity index (χ1) is 14.0. The molecule has 2 aliphatic carbocycles. The van der Waals surface area contributed by atoms with Crippen molar-refractivity contribution < 1.29 is 9.13 Å². The molecule has 1 aromatic carbocycles. The number of nitrogens with two attached hydrogens (primary N) is 1. The number of nitrogens with zero attached hydrogens (tertiary/aromatic N) is 4. The average molecular weight is 391 g/mol. The number of H-pyrrole nitrogens is 1. The van der Waals surface area contributed by atoms with Gasteiger partial charge in [0.25, 0.3) is 0 Å². The Hall–Kier alpha value is -3.33. The number of nitrogens with one attached hydrogen (secondary N) is 2. The summed E-state index contributed by atoms with van der Waals surface area (Å²) in [4.78, 5) is 20.9. The Morgan fingerprint density at radius 1 is 1.24 bits per heavy atom. The van der Waals surface area contributed by atoms with Crippen molar-refractivity contribution in [3.63, 3.8) is 0 Å². The van der Waals surface area contributed by atoms with Gasteiger partial charge in [0.2, 0.25) is 0 Å². The van der Waals surface area contributed by atoms with Crippen LogP contribution in [0.1, 0.15) is 23.0 Å². The summed E-state index contributed by atoms with van der Waals surface area (Å²) in [7, 11) is 1.77. The Morgan fingerprint density at radius 2 is 2.03 bits per heavy atom. The molecule has 3 atom stereocenters. The molecule has 2 aliphatic rings. The molecular formula is C20H18FN7O. The topological polar surface area (TPSA) is 115 Å². The zero-order valence-corrected chi connectivity index (χ0v) is 15.8. The lowest BCUT2D eigenvalue weighted by molar-refractivity contribution is 0.437. The Balaban J connectivity index is 1.61. The number of hydrogen-bond acceptors (Lipinski definition) is 7. The maximum atomic E-state index is 14.9. The molecule has 2 unspecified atom stereocenters. The van der Waals surface area contributed by atoms with Gasteiger partial charge in [0.1, 0.15) is 17.3 Å². The second-order valence-corrected chi connectivity index (χ2v) is 7.66. The van der Waals surface area contributed by atoms with Gasteiger partial charge < -0.3 is 20.8 Å². The highest BCUT2D eigenvalue weighted by Gasteiger charge is 2.52. The second-order valence-electron chi connectivity index (χ2n) is 7.66. The summed E-state index contributed by atoms with van der Waals surface area (Å²) in [5.41, 5.74) is 9.93. The lowest BCUT2D eigenvalue weighted by Crippen LogP contribution is -2.07. The number of ether oxygens (including phenoxy) is 1. The van der Waals surface area contributed by atoms with Crippen molar-refractivity contribution in [2.24, 2.45) is 11.7 Å².